The summed E-state index contributed by atoms with van der Waals surface area (Å²) in [4.78, 5) is 14.4. The number of amides is 1. The fourth-order valence-electron chi connectivity index (χ4n) is 2.67. The van der Waals surface area contributed by atoms with Crippen LogP contribution in [0.1, 0.15) is 17.2 Å². The molecule has 0 bridgehead atoms. The van der Waals surface area contributed by atoms with E-state index in [0.717, 1.165) is 5.56 Å². The van der Waals surface area contributed by atoms with E-state index in [1.165, 1.54) is 0 Å². The molecule has 4 nitrogen and oxygen atoms in total. The number of aliphatic hydroxyl groups is 1. The van der Waals surface area contributed by atoms with E-state index < -0.39 is 12.2 Å². The van der Waals surface area contributed by atoms with E-state index in [4.69, 9.17) is 16.3 Å². The quantitative estimate of drug-likeness (QED) is 0.937. The van der Waals surface area contributed by atoms with Crippen molar-refractivity contribution in [3.05, 3.63) is 70.7 Å². The molecule has 3 rings (SSSR count). The van der Waals surface area contributed by atoms with E-state index >= 15 is 0 Å². The van der Waals surface area contributed by atoms with Gasteiger partial charge in [-0.2, -0.15) is 0 Å². The van der Waals surface area contributed by atoms with Crippen LogP contribution in [0.25, 0.3) is 0 Å². The third-order valence-electron chi connectivity index (χ3n) is 3.93. The van der Waals surface area contributed by atoms with Gasteiger partial charge in [-0.25, -0.2) is 0 Å². The maximum Gasteiger partial charge on any atom is 0.255 e. The topological polar surface area (TPSA) is 49.8 Å². The Hall–Kier alpha value is -1.88. The Morgan fingerprint density at radius 3 is 2.57 bits per heavy atom. The number of benzene rings is 2. The van der Waals surface area contributed by atoms with E-state index in [1.807, 2.05) is 30.3 Å². The maximum atomic E-state index is 12.6. The molecule has 2 aromatic carbocycles. The van der Waals surface area contributed by atoms with Gasteiger partial charge < -0.3 is 14.7 Å². The van der Waals surface area contributed by atoms with Gasteiger partial charge in [0.05, 0.1) is 6.61 Å². The molecule has 0 saturated carbocycles. The van der Waals surface area contributed by atoms with Gasteiger partial charge in [-0.15, -0.1) is 0 Å². The zero-order valence-electron chi connectivity index (χ0n) is 12.6. The van der Waals surface area contributed by atoms with Gasteiger partial charge in [-0.05, 0) is 23.3 Å². The fourth-order valence-corrected chi connectivity index (χ4v) is 2.80. The van der Waals surface area contributed by atoms with E-state index in [2.05, 4.69) is 0 Å². The minimum Gasteiger partial charge on any atom is -0.385 e. The molecule has 2 atom stereocenters. The van der Waals surface area contributed by atoms with E-state index in [-0.39, 0.29) is 5.91 Å². The number of halogens is 1. The van der Waals surface area contributed by atoms with Crippen LogP contribution in [0.2, 0.25) is 5.02 Å². The maximum absolute atomic E-state index is 12.6. The third kappa shape index (κ3) is 3.72. The Kier molecular flexibility index (Phi) is 4.96. The summed E-state index contributed by atoms with van der Waals surface area (Å²) in [5.74, 6) is -0.192. The second-order valence-electron chi connectivity index (χ2n) is 5.53. The standard InChI is InChI=1S/C18H18ClNO3/c19-15-8-6-14(7-9-15)16(21)17-18(22)20(10-11-23-17)12-13-4-2-1-3-5-13/h1-9,16-17,21H,10-12H2/t16-,17-/m0/s1. The van der Waals surface area contributed by atoms with Crippen LogP contribution in [0.15, 0.2) is 54.6 Å². The van der Waals surface area contributed by atoms with Gasteiger partial charge >= 0.3 is 0 Å². The Balaban J connectivity index is 1.72. The van der Waals surface area contributed by atoms with E-state index in [9.17, 15) is 9.90 Å². The predicted octanol–water partition coefficient (Wildman–Crippen LogP) is 2.80. The van der Waals surface area contributed by atoms with Crippen LogP contribution >= 0.6 is 11.6 Å². The van der Waals surface area contributed by atoms with Crippen molar-refractivity contribution in [1.82, 2.24) is 4.90 Å². The number of nitrogens with zero attached hydrogens (tertiary/aromatic N) is 1. The van der Waals surface area contributed by atoms with Gasteiger partial charge in [0.25, 0.3) is 5.91 Å². The van der Waals surface area contributed by atoms with Crippen LogP contribution in [0.5, 0.6) is 0 Å². The van der Waals surface area contributed by atoms with Crippen LogP contribution in [-0.4, -0.2) is 35.2 Å². The number of carbonyl (C=O) groups excluding carboxylic acids is 1. The Morgan fingerprint density at radius 1 is 1.17 bits per heavy atom. The molecular weight excluding hydrogens is 314 g/mol. The summed E-state index contributed by atoms with van der Waals surface area (Å²) in [7, 11) is 0. The van der Waals surface area contributed by atoms with Crippen molar-refractivity contribution >= 4 is 17.5 Å². The summed E-state index contributed by atoms with van der Waals surface area (Å²) in [6.45, 7) is 1.46. The minimum absolute atomic E-state index is 0.192. The molecule has 0 spiro atoms. The van der Waals surface area contributed by atoms with Crippen molar-refractivity contribution in [2.45, 2.75) is 18.8 Å². The lowest BCUT2D eigenvalue weighted by Gasteiger charge is -2.34. The molecule has 120 valence electrons. The highest BCUT2D eigenvalue weighted by Gasteiger charge is 2.35. The summed E-state index contributed by atoms with van der Waals surface area (Å²) in [6.07, 6.45) is -1.88. The molecule has 1 amide bonds. The molecule has 2 aromatic rings. The molecule has 23 heavy (non-hydrogen) atoms. The van der Waals surface area contributed by atoms with Crippen molar-refractivity contribution in [3.8, 4) is 0 Å². The molecule has 0 aliphatic carbocycles. The average Bonchev–Trinajstić information content (AvgIpc) is 2.58. The van der Waals surface area contributed by atoms with Gasteiger partial charge in [0, 0.05) is 18.1 Å². The molecule has 1 aliphatic heterocycles. The number of ether oxygens (including phenoxy) is 1. The molecule has 0 aromatic heterocycles. The molecule has 5 heteroatoms. The lowest BCUT2D eigenvalue weighted by molar-refractivity contribution is -0.164. The SMILES string of the molecule is O=C1[C@H]([C@@H](O)c2ccc(Cl)cc2)OCCN1Cc1ccccc1. The summed E-state index contributed by atoms with van der Waals surface area (Å²) >= 11 is 5.86. The highest BCUT2D eigenvalue weighted by Crippen LogP contribution is 2.25. The lowest BCUT2D eigenvalue weighted by Crippen LogP contribution is -2.49. The first-order valence-corrected chi connectivity index (χ1v) is 7.91. The largest absolute Gasteiger partial charge is 0.385 e. The van der Waals surface area contributed by atoms with Gasteiger partial charge in [-0.3, -0.25) is 4.79 Å². The number of hydrogen-bond acceptors (Lipinski definition) is 3. The summed E-state index contributed by atoms with van der Waals surface area (Å²) in [6, 6.07) is 16.6. The molecule has 0 radical (unpaired) electrons. The van der Waals surface area contributed by atoms with Crippen LogP contribution in [0.4, 0.5) is 0 Å². The van der Waals surface area contributed by atoms with Crippen molar-refractivity contribution in [2.24, 2.45) is 0 Å². The van der Waals surface area contributed by atoms with Crippen molar-refractivity contribution in [2.75, 3.05) is 13.2 Å². The van der Waals surface area contributed by atoms with Gasteiger partial charge in [-0.1, -0.05) is 54.1 Å². The van der Waals surface area contributed by atoms with Crippen molar-refractivity contribution in [3.63, 3.8) is 0 Å². The molecule has 1 aliphatic rings. The predicted molar refractivity (Wildman–Crippen MR) is 88.0 cm³/mol. The molecular formula is C18H18ClNO3. The second-order valence-corrected chi connectivity index (χ2v) is 5.97. The monoisotopic (exact) mass is 331 g/mol. The van der Waals surface area contributed by atoms with Crippen LogP contribution in [-0.2, 0) is 16.1 Å². The first kappa shape index (κ1) is 16.0. The molecule has 1 heterocycles. The number of rotatable bonds is 4. The Morgan fingerprint density at radius 2 is 1.87 bits per heavy atom. The number of morpholine rings is 1. The zero-order valence-corrected chi connectivity index (χ0v) is 13.3. The van der Waals surface area contributed by atoms with Crippen LogP contribution < -0.4 is 0 Å². The fraction of sp³-hybridized carbons (Fsp3) is 0.278. The Bertz CT molecular complexity index is 660. The van der Waals surface area contributed by atoms with Crippen LogP contribution in [0, 0.1) is 0 Å². The summed E-state index contributed by atoms with van der Waals surface area (Å²) in [5, 5.41) is 11.1. The smallest absolute Gasteiger partial charge is 0.255 e. The second kappa shape index (κ2) is 7.13. The minimum atomic E-state index is -1.00. The molecule has 1 N–H and O–H groups in total. The number of hydrogen-bond donors (Lipinski definition) is 1. The average molecular weight is 332 g/mol. The number of carbonyl (C=O) groups is 1. The third-order valence-corrected chi connectivity index (χ3v) is 4.18. The van der Waals surface area contributed by atoms with Gasteiger partial charge in [0.1, 0.15) is 6.10 Å². The van der Waals surface area contributed by atoms with Crippen molar-refractivity contribution < 1.29 is 14.6 Å². The first-order chi connectivity index (χ1) is 11.1. The first-order valence-electron chi connectivity index (χ1n) is 7.53. The highest BCUT2D eigenvalue weighted by molar-refractivity contribution is 6.30. The highest BCUT2D eigenvalue weighted by atomic mass is 35.5. The zero-order chi connectivity index (χ0) is 16.2. The Labute approximate surface area is 140 Å². The molecule has 1 fully saturated rings. The summed E-state index contributed by atoms with van der Waals surface area (Å²) in [5.41, 5.74) is 1.68. The lowest BCUT2D eigenvalue weighted by atomic mass is 10.0. The van der Waals surface area contributed by atoms with Crippen LogP contribution in [0.3, 0.4) is 0 Å². The van der Waals surface area contributed by atoms with Gasteiger partial charge in [0.15, 0.2) is 6.10 Å². The number of aliphatic hydroxyl groups excluding tert-OH is 1. The van der Waals surface area contributed by atoms with Gasteiger partial charge in [0.2, 0.25) is 0 Å². The van der Waals surface area contributed by atoms with E-state index in [1.54, 1.807) is 29.2 Å². The summed E-state index contributed by atoms with van der Waals surface area (Å²) < 4.78 is 5.53. The molecule has 1 saturated heterocycles. The normalized spacial score (nSPS) is 19.7. The van der Waals surface area contributed by atoms with Crippen molar-refractivity contribution in [1.29, 1.82) is 0 Å². The molecule has 0 unspecified atom stereocenters. The van der Waals surface area contributed by atoms with E-state index in [0.29, 0.717) is 30.3 Å².